The molecule has 28 heavy (non-hydrogen) atoms. The number of nitrogens with one attached hydrogen (secondary N) is 1. The number of hydrogen-bond donors (Lipinski definition) is 1. The van der Waals surface area contributed by atoms with Crippen molar-refractivity contribution in [2.75, 3.05) is 7.05 Å². The van der Waals surface area contributed by atoms with Gasteiger partial charge in [-0.15, -0.1) is 0 Å². The topological polar surface area (TPSA) is 49.0 Å². The molecule has 1 heterocycles. The van der Waals surface area contributed by atoms with Crippen molar-refractivity contribution < 1.29 is 0 Å². The van der Waals surface area contributed by atoms with Crippen LogP contribution < -0.4 is 5.56 Å². The molecule has 0 amide bonds. The quantitative estimate of drug-likeness (QED) is 0.533. The third-order valence-electron chi connectivity index (χ3n) is 4.79. The van der Waals surface area contributed by atoms with Crippen LogP contribution in [0.15, 0.2) is 83.7 Å². The molecule has 0 aliphatic rings. The Hall–Kier alpha value is -2.95. The lowest BCUT2D eigenvalue weighted by Crippen LogP contribution is -2.27. The molecule has 4 nitrogen and oxygen atoms in total. The number of nitrogens with zero attached hydrogens (tertiary/aromatic N) is 2. The Morgan fingerprint density at radius 3 is 2.18 bits per heavy atom. The molecule has 140 valence electrons. The summed E-state index contributed by atoms with van der Waals surface area (Å²) in [5.74, 6) is 0.610. The lowest BCUT2D eigenvalue weighted by molar-refractivity contribution is 0.264. The largest absolute Gasteiger partial charge is 0.309 e. The van der Waals surface area contributed by atoms with Crippen LogP contribution >= 0.6 is 11.6 Å². The molecule has 1 aromatic heterocycles. The van der Waals surface area contributed by atoms with Crippen LogP contribution in [-0.4, -0.2) is 21.9 Å². The van der Waals surface area contributed by atoms with E-state index in [9.17, 15) is 4.79 Å². The van der Waals surface area contributed by atoms with E-state index < -0.39 is 0 Å². The van der Waals surface area contributed by atoms with Gasteiger partial charge in [0.25, 0.3) is 5.56 Å². The van der Waals surface area contributed by atoms with Gasteiger partial charge in [-0.3, -0.25) is 9.69 Å². The smallest absolute Gasteiger partial charge is 0.258 e. The van der Waals surface area contributed by atoms with Gasteiger partial charge in [-0.2, -0.15) is 0 Å². The molecule has 3 aromatic carbocycles. The van der Waals surface area contributed by atoms with E-state index in [0.29, 0.717) is 28.3 Å². The SMILES string of the molecule is CN(Cc1nc2cc(Cl)ccc2c(=O)[nH]1)C(c1ccccc1)c1ccccc1. The summed E-state index contributed by atoms with van der Waals surface area (Å²) >= 11 is 6.08. The third kappa shape index (κ3) is 3.84. The minimum absolute atomic E-state index is 0.0442. The zero-order valence-electron chi connectivity index (χ0n) is 15.5. The maximum Gasteiger partial charge on any atom is 0.258 e. The van der Waals surface area contributed by atoms with Gasteiger partial charge in [0.1, 0.15) is 5.82 Å². The molecular weight excluding hydrogens is 370 g/mol. The van der Waals surface area contributed by atoms with Crippen molar-refractivity contribution >= 4 is 22.5 Å². The van der Waals surface area contributed by atoms with E-state index in [4.69, 9.17) is 11.6 Å². The standard InChI is InChI=1S/C23H20ClN3O/c1-27(15-21-25-20-14-18(24)12-13-19(20)23(28)26-21)22(16-8-4-2-5-9-16)17-10-6-3-7-11-17/h2-14,22H,15H2,1H3,(H,25,26,28). The van der Waals surface area contributed by atoms with Crippen molar-refractivity contribution in [3.63, 3.8) is 0 Å². The molecule has 0 bridgehead atoms. The molecule has 0 saturated carbocycles. The summed E-state index contributed by atoms with van der Waals surface area (Å²) in [6.45, 7) is 0.492. The van der Waals surface area contributed by atoms with Gasteiger partial charge in [0.05, 0.1) is 23.5 Å². The summed E-state index contributed by atoms with van der Waals surface area (Å²) in [6, 6.07) is 25.8. The van der Waals surface area contributed by atoms with E-state index >= 15 is 0 Å². The van der Waals surface area contributed by atoms with Crippen molar-refractivity contribution in [2.24, 2.45) is 0 Å². The highest BCUT2D eigenvalue weighted by molar-refractivity contribution is 6.31. The van der Waals surface area contributed by atoms with E-state index in [2.05, 4.69) is 39.1 Å². The van der Waals surface area contributed by atoms with Crippen molar-refractivity contribution in [1.29, 1.82) is 0 Å². The van der Waals surface area contributed by atoms with Gasteiger partial charge in [0.15, 0.2) is 0 Å². The van der Waals surface area contributed by atoms with Gasteiger partial charge in [0, 0.05) is 5.02 Å². The fraction of sp³-hybridized carbons (Fsp3) is 0.130. The predicted octanol–water partition coefficient (Wildman–Crippen LogP) is 4.80. The Kier molecular flexibility index (Phi) is 5.24. The second-order valence-corrected chi connectivity index (χ2v) is 7.25. The molecule has 0 aliphatic heterocycles. The maximum atomic E-state index is 12.4. The second kappa shape index (κ2) is 7.97. The maximum absolute atomic E-state index is 12.4. The summed E-state index contributed by atoms with van der Waals surface area (Å²) in [4.78, 5) is 22.2. The third-order valence-corrected chi connectivity index (χ3v) is 5.02. The summed E-state index contributed by atoms with van der Waals surface area (Å²) in [5.41, 5.74) is 2.82. The molecule has 4 rings (SSSR count). The highest BCUT2D eigenvalue weighted by atomic mass is 35.5. The predicted molar refractivity (Wildman–Crippen MR) is 114 cm³/mol. The van der Waals surface area contributed by atoms with Crippen molar-refractivity contribution in [3.05, 3.63) is 111 Å². The molecule has 5 heteroatoms. The first-order valence-corrected chi connectivity index (χ1v) is 9.48. The molecule has 0 atom stereocenters. The molecule has 0 spiro atoms. The first kappa shape index (κ1) is 18.4. The molecule has 0 radical (unpaired) electrons. The number of benzene rings is 3. The minimum Gasteiger partial charge on any atom is -0.309 e. The minimum atomic E-state index is -0.152. The number of aromatic nitrogens is 2. The highest BCUT2D eigenvalue weighted by Crippen LogP contribution is 2.28. The van der Waals surface area contributed by atoms with E-state index in [1.807, 2.05) is 43.4 Å². The van der Waals surface area contributed by atoms with E-state index in [0.717, 1.165) is 0 Å². The fourth-order valence-corrected chi connectivity index (χ4v) is 3.70. The molecular formula is C23H20ClN3O. The zero-order chi connectivity index (χ0) is 19.5. The molecule has 4 aromatic rings. The second-order valence-electron chi connectivity index (χ2n) is 6.81. The average molecular weight is 390 g/mol. The average Bonchev–Trinajstić information content (AvgIpc) is 2.69. The van der Waals surface area contributed by atoms with Gasteiger partial charge in [-0.1, -0.05) is 72.3 Å². The van der Waals surface area contributed by atoms with Crippen LogP contribution in [0.3, 0.4) is 0 Å². The summed E-state index contributed by atoms with van der Waals surface area (Å²) < 4.78 is 0. The van der Waals surface area contributed by atoms with Gasteiger partial charge >= 0.3 is 0 Å². The van der Waals surface area contributed by atoms with Gasteiger partial charge in [-0.05, 0) is 36.4 Å². The van der Waals surface area contributed by atoms with Crippen molar-refractivity contribution in [1.82, 2.24) is 14.9 Å². The normalized spacial score (nSPS) is 11.4. The monoisotopic (exact) mass is 389 g/mol. The Morgan fingerprint density at radius 2 is 1.57 bits per heavy atom. The number of H-pyrrole nitrogens is 1. The van der Waals surface area contributed by atoms with Crippen LogP contribution in [0.4, 0.5) is 0 Å². The van der Waals surface area contributed by atoms with Crippen molar-refractivity contribution in [3.8, 4) is 0 Å². The molecule has 0 fully saturated rings. The first-order chi connectivity index (χ1) is 13.6. The number of halogens is 1. The van der Waals surface area contributed by atoms with Crippen LogP contribution in [0.25, 0.3) is 10.9 Å². The van der Waals surface area contributed by atoms with Crippen LogP contribution in [0.2, 0.25) is 5.02 Å². The van der Waals surface area contributed by atoms with Gasteiger partial charge in [0.2, 0.25) is 0 Å². The number of rotatable bonds is 5. The van der Waals surface area contributed by atoms with Crippen LogP contribution in [0, 0.1) is 0 Å². The van der Waals surface area contributed by atoms with E-state index in [1.165, 1.54) is 11.1 Å². The van der Waals surface area contributed by atoms with Gasteiger partial charge in [-0.25, -0.2) is 4.98 Å². The van der Waals surface area contributed by atoms with Crippen LogP contribution in [-0.2, 0) is 6.54 Å². The van der Waals surface area contributed by atoms with Crippen LogP contribution in [0.5, 0.6) is 0 Å². The summed E-state index contributed by atoms with van der Waals surface area (Å²) in [7, 11) is 2.03. The molecule has 0 aliphatic carbocycles. The zero-order valence-corrected chi connectivity index (χ0v) is 16.2. The molecule has 0 saturated heterocycles. The lowest BCUT2D eigenvalue weighted by atomic mass is 9.97. The van der Waals surface area contributed by atoms with E-state index in [-0.39, 0.29) is 11.6 Å². The van der Waals surface area contributed by atoms with Crippen LogP contribution in [0.1, 0.15) is 23.0 Å². The first-order valence-electron chi connectivity index (χ1n) is 9.10. The number of hydrogen-bond acceptors (Lipinski definition) is 3. The number of aromatic amines is 1. The Balaban J connectivity index is 1.71. The van der Waals surface area contributed by atoms with E-state index in [1.54, 1.807) is 18.2 Å². The van der Waals surface area contributed by atoms with Crippen molar-refractivity contribution in [2.45, 2.75) is 12.6 Å². The Labute approximate surface area is 168 Å². The highest BCUT2D eigenvalue weighted by Gasteiger charge is 2.20. The van der Waals surface area contributed by atoms with Gasteiger partial charge < -0.3 is 4.98 Å². The molecule has 1 N–H and O–H groups in total. The lowest BCUT2D eigenvalue weighted by Gasteiger charge is -2.28. The molecule has 0 unspecified atom stereocenters. The Bertz CT molecular complexity index is 1100. The summed E-state index contributed by atoms with van der Waals surface area (Å²) in [5, 5.41) is 1.11. The fourth-order valence-electron chi connectivity index (χ4n) is 3.54. The summed E-state index contributed by atoms with van der Waals surface area (Å²) in [6.07, 6.45) is 0. The number of fused-ring (bicyclic) bond motifs is 1. The Morgan fingerprint density at radius 1 is 0.964 bits per heavy atom.